The molecular weight excluding hydrogens is 356 g/mol. The van der Waals surface area contributed by atoms with E-state index in [1.807, 2.05) is 0 Å². The summed E-state index contributed by atoms with van der Waals surface area (Å²) in [5.41, 5.74) is 0.405. The fourth-order valence-corrected chi connectivity index (χ4v) is 4.13. The van der Waals surface area contributed by atoms with Gasteiger partial charge in [0, 0.05) is 30.7 Å². The zero-order chi connectivity index (χ0) is 15.6. The first-order chi connectivity index (χ1) is 9.91. The van der Waals surface area contributed by atoms with Crippen molar-refractivity contribution in [2.75, 3.05) is 26.2 Å². The van der Waals surface area contributed by atoms with Gasteiger partial charge < -0.3 is 4.90 Å². The molecule has 1 heterocycles. The normalized spacial score (nSPS) is 15.1. The molecule has 1 aromatic carbocycles. The van der Waals surface area contributed by atoms with Gasteiger partial charge in [-0.1, -0.05) is 13.8 Å². The van der Waals surface area contributed by atoms with Crippen LogP contribution in [-0.2, 0) is 10.0 Å². The third-order valence-corrected chi connectivity index (χ3v) is 6.39. The van der Waals surface area contributed by atoms with E-state index in [4.69, 9.17) is 0 Å². The standard InChI is InChI=1S/C14H19BrN2O3S/c1-3-17(4-2)21(19,20)11-6-7-13(15)12(10-11)14(18)16-8-5-9-16/h6-7,10H,3-5,8-9H2,1-2H3. The van der Waals surface area contributed by atoms with Gasteiger partial charge in [0.1, 0.15) is 0 Å². The highest BCUT2D eigenvalue weighted by molar-refractivity contribution is 9.10. The lowest BCUT2D eigenvalue weighted by molar-refractivity contribution is 0.0650. The number of carbonyl (C=O) groups excluding carboxylic acids is 1. The van der Waals surface area contributed by atoms with Crippen molar-refractivity contribution in [2.45, 2.75) is 25.2 Å². The maximum Gasteiger partial charge on any atom is 0.255 e. The number of halogens is 1. The van der Waals surface area contributed by atoms with Gasteiger partial charge in [0.05, 0.1) is 10.5 Å². The number of likely N-dealkylation sites (tertiary alicyclic amines) is 1. The van der Waals surface area contributed by atoms with Gasteiger partial charge in [-0.05, 0) is 40.5 Å². The van der Waals surface area contributed by atoms with Gasteiger partial charge in [0.15, 0.2) is 0 Å². The van der Waals surface area contributed by atoms with Gasteiger partial charge in [-0.25, -0.2) is 8.42 Å². The van der Waals surface area contributed by atoms with Crippen LogP contribution >= 0.6 is 15.9 Å². The van der Waals surface area contributed by atoms with Crippen LogP contribution in [0, 0.1) is 0 Å². The summed E-state index contributed by atoms with van der Waals surface area (Å²) >= 11 is 3.33. The fourth-order valence-electron chi connectivity index (χ4n) is 2.23. The number of hydrogen-bond donors (Lipinski definition) is 0. The molecule has 0 radical (unpaired) electrons. The van der Waals surface area contributed by atoms with Crippen LogP contribution in [0.3, 0.4) is 0 Å². The van der Waals surface area contributed by atoms with Gasteiger partial charge in [-0.3, -0.25) is 4.79 Å². The second kappa shape index (κ2) is 6.46. The first-order valence-electron chi connectivity index (χ1n) is 7.00. The van der Waals surface area contributed by atoms with Crippen molar-refractivity contribution in [1.82, 2.24) is 9.21 Å². The minimum absolute atomic E-state index is 0.121. The van der Waals surface area contributed by atoms with E-state index in [0.29, 0.717) is 23.1 Å². The number of hydrogen-bond acceptors (Lipinski definition) is 3. The molecule has 0 saturated carbocycles. The van der Waals surface area contributed by atoms with Crippen LogP contribution in [0.5, 0.6) is 0 Å². The Morgan fingerprint density at radius 2 is 1.90 bits per heavy atom. The third-order valence-electron chi connectivity index (χ3n) is 3.65. The summed E-state index contributed by atoms with van der Waals surface area (Å²) in [5, 5.41) is 0. The van der Waals surface area contributed by atoms with Crippen LogP contribution in [0.15, 0.2) is 27.6 Å². The maximum atomic E-state index is 12.5. The van der Waals surface area contributed by atoms with Crippen molar-refractivity contribution in [1.29, 1.82) is 0 Å². The molecule has 1 aromatic rings. The Hall–Kier alpha value is -0.920. The average Bonchev–Trinajstić information content (AvgIpc) is 2.37. The van der Waals surface area contributed by atoms with E-state index < -0.39 is 10.0 Å². The summed E-state index contributed by atoms with van der Waals surface area (Å²) in [6.07, 6.45) is 1.00. The number of carbonyl (C=O) groups is 1. The number of benzene rings is 1. The van der Waals surface area contributed by atoms with Crippen LogP contribution in [0.4, 0.5) is 0 Å². The zero-order valence-corrected chi connectivity index (χ0v) is 14.6. The van der Waals surface area contributed by atoms with Gasteiger partial charge >= 0.3 is 0 Å². The van der Waals surface area contributed by atoms with Crippen LogP contribution < -0.4 is 0 Å². The highest BCUT2D eigenvalue weighted by Gasteiger charge is 2.27. The minimum atomic E-state index is -3.55. The van der Waals surface area contributed by atoms with E-state index in [9.17, 15) is 13.2 Å². The average molecular weight is 375 g/mol. The molecule has 1 aliphatic heterocycles. The second-order valence-electron chi connectivity index (χ2n) is 4.88. The predicted octanol–water partition coefficient (Wildman–Crippen LogP) is 2.33. The molecule has 0 aromatic heterocycles. The minimum Gasteiger partial charge on any atom is -0.338 e. The molecule has 0 N–H and O–H groups in total. The number of rotatable bonds is 5. The van der Waals surface area contributed by atoms with Crippen molar-refractivity contribution >= 4 is 31.9 Å². The molecule has 21 heavy (non-hydrogen) atoms. The monoisotopic (exact) mass is 374 g/mol. The van der Waals surface area contributed by atoms with Crippen molar-refractivity contribution in [3.05, 3.63) is 28.2 Å². The third kappa shape index (κ3) is 3.14. The van der Waals surface area contributed by atoms with Crippen LogP contribution in [0.2, 0.25) is 0 Å². The molecule has 116 valence electrons. The molecule has 0 unspecified atom stereocenters. The molecule has 1 fully saturated rings. The van der Waals surface area contributed by atoms with Gasteiger partial charge in [0.2, 0.25) is 10.0 Å². The molecule has 0 bridgehead atoms. The van der Waals surface area contributed by atoms with Crippen LogP contribution in [0.1, 0.15) is 30.6 Å². The lowest BCUT2D eigenvalue weighted by Gasteiger charge is -2.31. The molecule has 1 saturated heterocycles. The molecule has 0 aliphatic carbocycles. The largest absolute Gasteiger partial charge is 0.338 e. The van der Waals surface area contributed by atoms with E-state index in [0.717, 1.165) is 19.5 Å². The van der Waals surface area contributed by atoms with Gasteiger partial charge in [0.25, 0.3) is 5.91 Å². The Balaban J connectivity index is 2.40. The second-order valence-corrected chi connectivity index (χ2v) is 7.67. The van der Waals surface area contributed by atoms with Crippen molar-refractivity contribution in [3.8, 4) is 0 Å². The molecule has 1 aliphatic rings. The highest BCUT2D eigenvalue weighted by Crippen LogP contribution is 2.25. The molecule has 5 nitrogen and oxygen atoms in total. The molecule has 7 heteroatoms. The number of sulfonamides is 1. The first kappa shape index (κ1) is 16.5. The molecule has 0 spiro atoms. The zero-order valence-electron chi connectivity index (χ0n) is 12.2. The summed E-state index contributed by atoms with van der Waals surface area (Å²) in [5.74, 6) is -0.121. The van der Waals surface area contributed by atoms with Crippen molar-refractivity contribution in [2.24, 2.45) is 0 Å². The fraction of sp³-hybridized carbons (Fsp3) is 0.500. The smallest absolute Gasteiger partial charge is 0.255 e. The molecule has 1 amide bonds. The Kier molecular flexibility index (Phi) is 5.06. The summed E-state index contributed by atoms with van der Waals surface area (Å²) in [7, 11) is -3.55. The molecular formula is C14H19BrN2O3S. The Bertz CT molecular complexity index is 638. The van der Waals surface area contributed by atoms with E-state index >= 15 is 0 Å². The maximum absolute atomic E-state index is 12.5. The van der Waals surface area contributed by atoms with E-state index in [2.05, 4.69) is 15.9 Å². The number of nitrogens with zero attached hydrogens (tertiary/aromatic N) is 2. The summed E-state index contributed by atoms with van der Waals surface area (Å²) in [6, 6.07) is 4.63. The van der Waals surface area contributed by atoms with E-state index in [1.165, 1.54) is 16.4 Å². The Morgan fingerprint density at radius 1 is 1.29 bits per heavy atom. The first-order valence-corrected chi connectivity index (χ1v) is 9.24. The van der Waals surface area contributed by atoms with Gasteiger partial charge in [-0.15, -0.1) is 0 Å². The summed E-state index contributed by atoms with van der Waals surface area (Å²) in [6.45, 7) is 5.88. The van der Waals surface area contributed by atoms with E-state index in [-0.39, 0.29) is 10.8 Å². The van der Waals surface area contributed by atoms with Crippen LogP contribution in [0.25, 0.3) is 0 Å². The van der Waals surface area contributed by atoms with Crippen molar-refractivity contribution in [3.63, 3.8) is 0 Å². The Morgan fingerprint density at radius 3 is 2.38 bits per heavy atom. The highest BCUT2D eigenvalue weighted by atomic mass is 79.9. The van der Waals surface area contributed by atoms with E-state index in [1.54, 1.807) is 24.8 Å². The summed E-state index contributed by atoms with van der Waals surface area (Å²) < 4.78 is 27.0. The molecule has 2 rings (SSSR count). The van der Waals surface area contributed by atoms with Gasteiger partial charge in [-0.2, -0.15) is 4.31 Å². The molecule has 0 atom stereocenters. The van der Waals surface area contributed by atoms with Crippen molar-refractivity contribution < 1.29 is 13.2 Å². The number of amides is 1. The Labute approximate surface area is 134 Å². The lowest BCUT2D eigenvalue weighted by Crippen LogP contribution is -2.42. The van der Waals surface area contributed by atoms with Crippen LogP contribution in [-0.4, -0.2) is 49.7 Å². The predicted molar refractivity (Wildman–Crippen MR) is 84.8 cm³/mol. The quantitative estimate of drug-likeness (QED) is 0.794. The topological polar surface area (TPSA) is 57.7 Å². The lowest BCUT2D eigenvalue weighted by atomic mass is 10.1. The summed E-state index contributed by atoms with van der Waals surface area (Å²) in [4.78, 5) is 14.2. The SMILES string of the molecule is CCN(CC)S(=O)(=O)c1ccc(Br)c(C(=O)N2CCC2)c1.